The third-order valence-electron chi connectivity index (χ3n) is 3.65. The molecule has 114 valence electrons. The number of nitrogens with zero attached hydrogens (tertiary/aromatic N) is 1. The molecule has 1 aromatic heterocycles. The smallest absolute Gasteiger partial charge is 0.269 e. The molecule has 3 heteroatoms. The Morgan fingerprint density at radius 2 is 1.52 bits per heavy atom. The number of aromatic nitrogens is 1. The van der Waals surface area contributed by atoms with Gasteiger partial charge in [-0.15, -0.1) is 0 Å². The summed E-state index contributed by atoms with van der Waals surface area (Å²) in [4.78, 5) is 16.4. The molecule has 0 aliphatic rings. The number of benzene rings is 2. The zero-order valence-corrected chi connectivity index (χ0v) is 12.8. The van der Waals surface area contributed by atoms with E-state index in [-0.39, 0.29) is 5.91 Å². The molecule has 1 heterocycles. The second-order valence-corrected chi connectivity index (χ2v) is 5.29. The Morgan fingerprint density at radius 3 is 2.17 bits per heavy atom. The number of carbonyl (C=O) groups excluding carboxylic acids is 1. The minimum Gasteiger partial charge on any atom is -0.350 e. The Hall–Kier alpha value is -2.94. The predicted octanol–water partition coefficient (Wildman–Crippen LogP) is 3.72. The first-order chi connectivity index (χ1) is 11.3. The third kappa shape index (κ3) is 4.04. The molecule has 1 amide bonds. The van der Waals surface area contributed by atoms with E-state index in [2.05, 4.69) is 22.4 Å². The first-order valence-electron chi connectivity index (χ1n) is 7.66. The summed E-state index contributed by atoms with van der Waals surface area (Å²) in [5.74, 6) is -0.138. The van der Waals surface area contributed by atoms with Crippen LogP contribution in [0, 0.1) is 0 Å². The SMILES string of the molecule is O=C(NCCc1ccccc1)c1ccc(-c2ccccc2)cn1. The lowest BCUT2D eigenvalue weighted by Gasteiger charge is -2.06. The highest BCUT2D eigenvalue weighted by molar-refractivity contribution is 5.92. The van der Waals surface area contributed by atoms with Crippen molar-refractivity contribution in [2.24, 2.45) is 0 Å². The first kappa shape index (κ1) is 15.0. The van der Waals surface area contributed by atoms with Crippen molar-refractivity contribution in [2.75, 3.05) is 6.54 Å². The predicted molar refractivity (Wildman–Crippen MR) is 92.2 cm³/mol. The molecule has 0 saturated carbocycles. The number of hydrogen-bond acceptors (Lipinski definition) is 2. The van der Waals surface area contributed by atoms with Crippen LogP contribution in [0.4, 0.5) is 0 Å². The van der Waals surface area contributed by atoms with Crippen molar-refractivity contribution in [2.45, 2.75) is 6.42 Å². The van der Waals surface area contributed by atoms with Gasteiger partial charge in [-0.3, -0.25) is 9.78 Å². The van der Waals surface area contributed by atoms with E-state index in [0.29, 0.717) is 12.2 Å². The fraction of sp³-hybridized carbons (Fsp3) is 0.100. The zero-order valence-electron chi connectivity index (χ0n) is 12.8. The summed E-state index contributed by atoms with van der Waals surface area (Å²) >= 11 is 0. The van der Waals surface area contributed by atoms with E-state index >= 15 is 0 Å². The molecule has 0 atom stereocenters. The van der Waals surface area contributed by atoms with Gasteiger partial charge in [0.15, 0.2) is 0 Å². The van der Waals surface area contributed by atoms with Gasteiger partial charge in [0.2, 0.25) is 0 Å². The van der Waals surface area contributed by atoms with Gasteiger partial charge in [-0.05, 0) is 23.6 Å². The largest absolute Gasteiger partial charge is 0.350 e. The van der Waals surface area contributed by atoms with Crippen LogP contribution in [0.1, 0.15) is 16.1 Å². The van der Waals surface area contributed by atoms with Gasteiger partial charge in [0.05, 0.1) is 0 Å². The van der Waals surface area contributed by atoms with Crippen molar-refractivity contribution in [1.82, 2.24) is 10.3 Å². The number of amides is 1. The van der Waals surface area contributed by atoms with Gasteiger partial charge in [0, 0.05) is 18.3 Å². The fourth-order valence-corrected chi connectivity index (χ4v) is 2.39. The Morgan fingerprint density at radius 1 is 0.826 bits per heavy atom. The third-order valence-corrected chi connectivity index (χ3v) is 3.65. The molecule has 0 bridgehead atoms. The van der Waals surface area contributed by atoms with E-state index in [4.69, 9.17) is 0 Å². The van der Waals surface area contributed by atoms with Crippen LogP contribution in [0.15, 0.2) is 79.0 Å². The average molecular weight is 302 g/mol. The van der Waals surface area contributed by atoms with Gasteiger partial charge in [-0.2, -0.15) is 0 Å². The van der Waals surface area contributed by atoms with Crippen LogP contribution in [-0.2, 0) is 6.42 Å². The quantitative estimate of drug-likeness (QED) is 0.780. The maximum atomic E-state index is 12.1. The van der Waals surface area contributed by atoms with Crippen LogP contribution in [0.25, 0.3) is 11.1 Å². The number of nitrogens with one attached hydrogen (secondary N) is 1. The van der Waals surface area contributed by atoms with Gasteiger partial charge < -0.3 is 5.32 Å². The van der Waals surface area contributed by atoms with Gasteiger partial charge in [0.1, 0.15) is 5.69 Å². The maximum Gasteiger partial charge on any atom is 0.269 e. The molecule has 0 saturated heterocycles. The van der Waals surface area contributed by atoms with Crippen LogP contribution < -0.4 is 5.32 Å². The first-order valence-corrected chi connectivity index (χ1v) is 7.66. The molecule has 0 fully saturated rings. The Labute approximate surface area is 136 Å². The summed E-state index contributed by atoms with van der Waals surface area (Å²) in [7, 11) is 0. The molecular weight excluding hydrogens is 284 g/mol. The van der Waals surface area contributed by atoms with E-state index < -0.39 is 0 Å². The molecular formula is C20H18N2O. The molecule has 0 radical (unpaired) electrons. The van der Waals surface area contributed by atoms with Crippen LogP contribution in [0.5, 0.6) is 0 Å². The van der Waals surface area contributed by atoms with E-state index in [9.17, 15) is 4.79 Å². The number of rotatable bonds is 5. The zero-order chi connectivity index (χ0) is 15.9. The lowest BCUT2D eigenvalue weighted by molar-refractivity contribution is 0.0949. The maximum absolute atomic E-state index is 12.1. The molecule has 0 aliphatic heterocycles. The van der Waals surface area contributed by atoms with Crippen LogP contribution >= 0.6 is 0 Å². The standard InChI is InChI=1S/C20H18N2O/c23-20(21-14-13-16-7-3-1-4-8-16)19-12-11-18(15-22-19)17-9-5-2-6-10-17/h1-12,15H,13-14H2,(H,21,23). The molecule has 0 unspecified atom stereocenters. The number of hydrogen-bond donors (Lipinski definition) is 1. The summed E-state index contributed by atoms with van der Waals surface area (Å²) < 4.78 is 0. The van der Waals surface area contributed by atoms with Crippen molar-refractivity contribution in [1.29, 1.82) is 0 Å². The highest BCUT2D eigenvalue weighted by Crippen LogP contribution is 2.17. The lowest BCUT2D eigenvalue weighted by atomic mass is 10.1. The highest BCUT2D eigenvalue weighted by Gasteiger charge is 2.07. The lowest BCUT2D eigenvalue weighted by Crippen LogP contribution is -2.26. The van der Waals surface area contributed by atoms with Crippen molar-refractivity contribution < 1.29 is 4.79 Å². The van der Waals surface area contributed by atoms with E-state index in [1.807, 2.05) is 54.6 Å². The number of carbonyl (C=O) groups is 1. The van der Waals surface area contributed by atoms with E-state index in [0.717, 1.165) is 17.5 Å². The molecule has 3 nitrogen and oxygen atoms in total. The van der Waals surface area contributed by atoms with E-state index in [1.54, 1.807) is 12.3 Å². The van der Waals surface area contributed by atoms with Crippen LogP contribution in [0.2, 0.25) is 0 Å². The van der Waals surface area contributed by atoms with Crippen LogP contribution in [-0.4, -0.2) is 17.4 Å². The minimum absolute atomic E-state index is 0.138. The Kier molecular flexibility index (Phi) is 4.79. The number of pyridine rings is 1. The molecule has 0 aliphatic carbocycles. The van der Waals surface area contributed by atoms with Gasteiger partial charge >= 0.3 is 0 Å². The fourth-order valence-electron chi connectivity index (χ4n) is 2.39. The van der Waals surface area contributed by atoms with Gasteiger partial charge in [-0.25, -0.2) is 0 Å². The Balaban J connectivity index is 1.58. The monoisotopic (exact) mass is 302 g/mol. The normalized spacial score (nSPS) is 10.3. The van der Waals surface area contributed by atoms with Crippen molar-refractivity contribution in [3.63, 3.8) is 0 Å². The second kappa shape index (κ2) is 7.36. The van der Waals surface area contributed by atoms with Crippen molar-refractivity contribution >= 4 is 5.91 Å². The summed E-state index contributed by atoms with van der Waals surface area (Å²) in [5, 5.41) is 2.91. The second-order valence-electron chi connectivity index (χ2n) is 5.29. The minimum atomic E-state index is -0.138. The molecule has 1 N–H and O–H groups in total. The van der Waals surface area contributed by atoms with Gasteiger partial charge in [0.25, 0.3) is 5.91 Å². The van der Waals surface area contributed by atoms with Gasteiger partial charge in [-0.1, -0.05) is 66.7 Å². The highest BCUT2D eigenvalue weighted by atomic mass is 16.1. The van der Waals surface area contributed by atoms with Crippen molar-refractivity contribution in [3.05, 3.63) is 90.3 Å². The summed E-state index contributed by atoms with van der Waals surface area (Å²) in [6.45, 7) is 0.602. The summed E-state index contributed by atoms with van der Waals surface area (Å²) in [6, 6.07) is 23.8. The molecule has 0 spiro atoms. The molecule has 3 aromatic rings. The molecule has 23 heavy (non-hydrogen) atoms. The van der Waals surface area contributed by atoms with Crippen LogP contribution in [0.3, 0.4) is 0 Å². The Bertz CT molecular complexity index is 753. The molecule has 2 aromatic carbocycles. The van der Waals surface area contributed by atoms with E-state index in [1.165, 1.54) is 5.56 Å². The summed E-state index contributed by atoms with van der Waals surface area (Å²) in [5.41, 5.74) is 3.75. The summed E-state index contributed by atoms with van der Waals surface area (Å²) in [6.07, 6.45) is 2.55. The average Bonchev–Trinajstić information content (AvgIpc) is 2.63. The molecule has 3 rings (SSSR count). The van der Waals surface area contributed by atoms with Crippen molar-refractivity contribution in [3.8, 4) is 11.1 Å². The topological polar surface area (TPSA) is 42.0 Å².